The fourth-order valence-electron chi connectivity index (χ4n) is 2.85. The minimum atomic E-state index is -3.37. The Morgan fingerprint density at radius 3 is 2.32 bits per heavy atom. The third-order valence-corrected chi connectivity index (χ3v) is 6.34. The molecule has 7 nitrogen and oxygen atoms in total. The Morgan fingerprint density at radius 1 is 1.14 bits per heavy atom. The molecular formula is C14H22N4O3S. The summed E-state index contributed by atoms with van der Waals surface area (Å²) in [5.41, 5.74) is 0.890. The van der Waals surface area contributed by atoms with Crippen LogP contribution < -0.4 is 5.56 Å². The van der Waals surface area contributed by atoms with Gasteiger partial charge in [-0.05, 0) is 31.7 Å². The highest BCUT2D eigenvalue weighted by molar-refractivity contribution is 7.86. The molecule has 0 unspecified atom stereocenters. The van der Waals surface area contributed by atoms with Gasteiger partial charge in [0.05, 0.1) is 11.7 Å². The Labute approximate surface area is 130 Å². The standard InChI is InChI=1S/C14H22N4O3S/c1-16(2)22(20,21)17-9-7-12(8-10-17)18-14(19)6-5-13(15-18)11-3-4-11/h5-6,11-12H,3-4,7-10H2,1-2H3. The number of nitrogens with zero attached hydrogens (tertiary/aromatic N) is 4. The van der Waals surface area contributed by atoms with E-state index in [1.54, 1.807) is 10.7 Å². The van der Waals surface area contributed by atoms with E-state index in [1.807, 2.05) is 6.07 Å². The van der Waals surface area contributed by atoms with Gasteiger partial charge in [-0.15, -0.1) is 0 Å². The van der Waals surface area contributed by atoms with Crippen LogP contribution in [0.4, 0.5) is 0 Å². The lowest BCUT2D eigenvalue weighted by Crippen LogP contribution is -2.45. The fourth-order valence-corrected chi connectivity index (χ4v) is 3.98. The van der Waals surface area contributed by atoms with Crippen molar-refractivity contribution in [2.75, 3.05) is 27.2 Å². The molecule has 122 valence electrons. The van der Waals surface area contributed by atoms with Crippen molar-refractivity contribution >= 4 is 10.2 Å². The lowest BCUT2D eigenvalue weighted by Gasteiger charge is -2.33. The van der Waals surface area contributed by atoms with E-state index >= 15 is 0 Å². The molecule has 0 atom stereocenters. The molecule has 0 amide bonds. The molecule has 1 aliphatic carbocycles. The van der Waals surface area contributed by atoms with Crippen LogP contribution in [0.2, 0.25) is 0 Å². The van der Waals surface area contributed by atoms with E-state index in [0.717, 1.165) is 18.5 Å². The van der Waals surface area contributed by atoms with E-state index in [4.69, 9.17) is 0 Å². The van der Waals surface area contributed by atoms with E-state index in [1.165, 1.54) is 22.7 Å². The Bertz CT molecular complexity index is 701. The molecule has 0 radical (unpaired) electrons. The second-order valence-electron chi connectivity index (χ2n) is 6.24. The maximum atomic E-state index is 12.1. The quantitative estimate of drug-likeness (QED) is 0.810. The van der Waals surface area contributed by atoms with Gasteiger partial charge in [-0.25, -0.2) is 4.68 Å². The van der Waals surface area contributed by atoms with Gasteiger partial charge >= 0.3 is 0 Å². The van der Waals surface area contributed by atoms with Gasteiger partial charge < -0.3 is 0 Å². The first kappa shape index (κ1) is 15.6. The molecule has 0 aromatic carbocycles. The Morgan fingerprint density at radius 2 is 1.77 bits per heavy atom. The number of rotatable bonds is 4. The molecule has 1 aromatic heterocycles. The summed E-state index contributed by atoms with van der Waals surface area (Å²) in [6.45, 7) is 0.847. The average Bonchev–Trinajstić information content (AvgIpc) is 3.32. The van der Waals surface area contributed by atoms with Crippen LogP contribution in [0.3, 0.4) is 0 Å². The monoisotopic (exact) mass is 326 g/mol. The normalized spacial score (nSPS) is 21.4. The van der Waals surface area contributed by atoms with Crippen molar-refractivity contribution in [3.63, 3.8) is 0 Å². The van der Waals surface area contributed by atoms with Gasteiger partial charge in [0.15, 0.2) is 0 Å². The van der Waals surface area contributed by atoms with Gasteiger partial charge in [0.2, 0.25) is 0 Å². The van der Waals surface area contributed by atoms with Gasteiger partial charge in [-0.1, -0.05) is 0 Å². The molecule has 3 rings (SSSR count). The third kappa shape index (κ3) is 2.95. The molecule has 2 aliphatic rings. The lowest BCUT2D eigenvalue weighted by molar-refractivity contribution is 0.245. The first-order valence-electron chi connectivity index (χ1n) is 7.67. The molecule has 0 N–H and O–H groups in total. The molecule has 1 saturated heterocycles. The molecule has 1 aromatic rings. The highest BCUT2D eigenvalue weighted by Crippen LogP contribution is 2.38. The second kappa shape index (κ2) is 5.75. The minimum Gasteiger partial charge on any atom is -0.268 e. The first-order chi connectivity index (χ1) is 10.4. The smallest absolute Gasteiger partial charge is 0.268 e. The van der Waals surface area contributed by atoms with Crippen LogP contribution >= 0.6 is 0 Å². The van der Waals surface area contributed by atoms with E-state index in [0.29, 0.717) is 31.8 Å². The van der Waals surface area contributed by atoms with Crippen molar-refractivity contribution in [3.05, 3.63) is 28.2 Å². The largest absolute Gasteiger partial charge is 0.281 e. The molecule has 2 fully saturated rings. The molecule has 22 heavy (non-hydrogen) atoms. The van der Waals surface area contributed by atoms with Crippen LogP contribution in [0.25, 0.3) is 0 Å². The Balaban J connectivity index is 1.74. The average molecular weight is 326 g/mol. The maximum Gasteiger partial charge on any atom is 0.281 e. The van der Waals surface area contributed by atoms with Crippen LogP contribution in [0.1, 0.15) is 43.3 Å². The van der Waals surface area contributed by atoms with E-state index in [9.17, 15) is 13.2 Å². The van der Waals surface area contributed by atoms with Crippen molar-refractivity contribution in [3.8, 4) is 0 Å². The minimum absolute atomic E-state index is 0.0141. The van der Waals surface area contributed by atoms with Gasteiger partial charge in [-0.2, -0.15) is 22.1 Å². The summed E-state index contributed by atoms with van der Waals surface area (Å²) in [5, 5.41) is 4.51. The Kier molecular flexibility index (Phi) is 4.09. The van der Waals surface area contributed by atoms with Crippen molar-refractivity contribution in [2.24, 2.45) is 0 Å². The number of hydrogen-bond acceptors (Lipinski definition) is 4. The summed E-state index contributed by atoms with van der Waals surface area (Å²) in [7, 11) is -0.300. The molecule has 1 aliphatic heterocycles. The van der Waals surface area contributed by atoms with Gasteiger partial charge in [0.1, 0.15) is 0 Å². The van der Waals surface area contributed by atoms with Gasteiger partial charge in [-0.3, -0.25) is 4.79 Å². The second-order valence-corrected chi connectivity index (χ2v) is 8.38. The molecule has 2 heterocycles. The summed E-state index contributed by atoms with van der Waals surface area (Å²) in [5.74, 6) is 0.501. The third-order valence-electron chi connectivity index (χ3n) is 4.40. The van der Waals surface area contributed by atoms with E-state index in [-0.39, 0.29) is 11.6 Å². The summed E-state index contributed by atoms with van der Waals surface area (Å²) in [4.78, 5) is 12.1. The number of hydrogen-bond donors (Lipinski definition) is 0. The topological polar surface area (TPSA) is 75.5 Å². The summed E-state index contributed by atoms with van der Waals surface area (Å²) < 4.78 is 28.5. The van der Waals surface area contributed by atoms with Crippen molar-refractivity contribution in [1.29, 1.82) is 0 Å². The molecule has 0 bridgehead atoms. The zero-order chi connectivity index (χ0) is 15.9. The maximum absolute atomic E-state index is 12.1. The van der Waals surface area contributed by atoms with Crippen LogP contribution in [0.5, 0.6) is 0 Å². The fraction of sp³-hybridized carbons (Fsp3) is 0.714. The number of aromatic nitrogens is 2. The van der Waals surface area contributed by atoms with Crippen LogP contribution in [0, 0.1) is 0 Å². The summed E-state index contributed by atoms with van der Waals surface area (Å²) in [6, 6.07) is 3.39. The predicted molar refractivity (Wildman–Crippen MR) is 82.9 cm³/mol. The summed E-state index contributed by atoms with van der Waals surface area (Å²) in [6.07, 6.45) is 3.53. The highest BCUT2D eigenvalue weighted by Gasteiger charge is 2.31. The van der Waals surface area contributed by atoms with E-state index in [2.05, 4.69) is 5.10 Å². The van der Waals surface area contributed by atoms with Crippen LogP contribution in [-0.4, -0.2) is 54.0 Å². The van der Waals surface area contributed by atoms with Crippen LogP contribution in [0.15, 0.2) is 16.9 Å². The molecule has 1 saturated carbocycles. The highest BCUT2D eigenvalue weighted by atomic mass is 32.2. The number of piperidine rings is 1. The van der Waals surface area contributed by atoms with Gasteiger partial charge in [0.25, 0.3) is 15.8 Å². The SMILES string of the molecule is CN(C)S(=O)(=O)N1CCC(n2nc(C3CC3)ccc2=O)CC1. The first-order valence-corrected chi connectivity index (χ1v) is 9.06. The van der Waals surface area contributed by atoms with Gasteiger partial charge in [0, 0.05) is 39.2 Å². The molecule has 8 heteroatoms. The van der Waals surface area contributed by atoms with Crippen molar-refractivity contribution in [1.82, 2.24) is 18.4 Å². The zero-order valence-corrected chi connectivity index (χ0v) is 13.8. The van der Waals surface area contributed by atoms with Crippen molar-refractivity contribution < 1.29 is 8.42 Å². The molecule has 0 spiro atoms. The van der Waals surface area contributed by atoms with Crippen molar-refractivity contribution in [2.45, 2.75) is 37.6 Å². The molecular weight excluding hydrogens is 304 g/mol. The van der Waals surface area contributed by atoms with Crippen LogP contribution in [-0.2, 0) is 10.2 Å². The summed E-state index contributed by atoms with van der Waals surface area (Å²) >= 11 is 0. The van der Waals surface area contributed by atoms with E-state index < -0.39 is 10.2 Å². The Hall–Kier alpha value is -1.25. The lowest BCUT2D eigenvalue weighted by atomic mass is 10.1. The predicted octanol–water partition coefficient (Wildman–Crippen LogP) is 0.564. The zero-order valence-electron chi connectivity index (χ0n) is 13.0.